The topological polar surface area (TPSA) is 20.2 Å². The zero-order chi connectivity index (χ0) is 9.52. The highest BCUT2D eigenvalue weighted by Crippen LogP contribution is 2.11. The molecule has 0 aliphatic carbocycles. The van der Waals surface area contributed by atoms with Crippen LogP contribution in [-0.2, 0) is 0 Å². The summed E-state index contributed by atoms with van der Waals surface area (Å²) in [6.07, 6.45) is 5.93. The van der Waals surface area contributed by atoms with Crippen molar-refractivity contribution in [3.05, 3.63) is 40.4 Å². The van der Waals surface area contributed by atoms with Crippen LogP contribution in [0, 0.1) is 0 Å². The lowest BCUT2D eigenvalue weighted by molar-refractivity contribution is 0.290. The fraction of sp³-hybridized carbons (Fsp3) is 0.273. The van der Waals surface area contributed by atoms with Gasteiger partial charge in [-0.25, -0.2) is 0 Å². The summed E-state index contributed by atoms with van der Waals surface area (Å²) in [7, 11) is 0. The zero-order valence-corrected chi connectivity index (χ0v) is 9.00. The minimum atomic E-state index is 0.269. The van der Waals surface area contributed by atoms with Crippen LogP contribution in [0.15, 0.2) is 34.8 Å². The van der Waals surface area contributed by atoms with Crippen LogP contribution >= 0.6 is 15.9 Å². The van der Waals surface area contributed by atoms with Gasteiger partial charge in [0.15, 0.2) is 0 Å². The Labute approximate surface area is 87.2 Å². The second-order valence-electron chi connectivity index (χ2n) is 2.82. The predicted octanol–water partition coefficient (Wildman–Crippen LogP) is 3.23. The first-order valence-corrected chi connectivity index (χ1v) is 5.15. The summed E-state index contributed by atoms with van der Waals surface area (Å²) >= 11 is 3.38. The van der Waals surface area contributed by atoms with Gasteiger partial charge in [-0.15, -0.1) is 0 Å². The van der Waals surface area contributed by atoms with Gasteiger partial charge in [-0.3, -0.25) is 0 Å². The normalized spacial score (nSPS) is 10.9. The Kier molecular flexibility index (Phi) is 4.79. The lowest BCUT2D eigenvalue weighted by atomic mass is 10.2. The first-order chi connectivity index (χ1) is 6.33. The third kappa shape index (κ3) is 4.25. The summed E-state index contributed by atoms with van der Waals surface area (Å²) in [5.74, 6) is 0. The molecule has 0 atom stereocenters. The molecule has 0 radical (unpaired) electrons. The summed E-state index contributed by atoms with van der Waals surface area (Å²) in [4.78, 5) is 0. The molecule has 1 aromatic carbocycles. The Morgan fingerprint density at radius 2 is 1.92 bits per heavy atom. The highest BCUT2D eigenvalue weighted by Gasteiger charge is 1.86. The van der Waals surface area contributed by atoms with Gasteiger partial charge in [0, 0.05) is 11.1 Å². The first kappa shape index (κ1) is 10.5. The molecule has 2 heteroatoms. The zero-order valence-electron chi connectivity index (χ0n) is 7.41. The van der Waals surface area contributed by atoms with E-state index in [1.807, 2.05) is 12.1 Å². The van der Waals surface area contributed by atoms with Gasteiger partial charge >= 0.3 is 0 Å². The van der Waals surface area contributed by atoms with Crippen molar-refractivity contribution < 1.29 is 5.11 Å². The number of benzene rings is 1. The van der Waals surface area contributed by atoms with Crippen LogP contribution in [0.3, 0.4) is 0 Å². The Bertz CT molecular complexity index is 264. The van der Waals surface area contributed by atoms with E-state index in [0.717, 1.165) is 17.3 Å². The van der Waals surface area contributed by atoms with E-state index in [1.54, 1.807) is 0 Å². The lowest BCUT2D eigenvalue weighted by Crippen LogP contribution is -1.78. The van der Waals surface area contributed by atoms with Gasteiger partial charge in [0.1, 0.15) is 0 Å². The predicted molar refractivity (Wildman–Crippen MR) is 59.5 cm³/mol. The molecule has 0 aliphatic heterocycles. The number of rotatable bonds is 4. The standard InChI is InChI=1S/C11H13BrO/c12-11-7-5-10(6-8-11)4-2-1-3-9-13/h2,4-8,13H,1,3,9H2. The molecule has 1 rings (SSSR count). The van der Waals surface area contributed by atoms with Crippen LogP contribution in [0.5, 0.6) is 0 Å². The average Bonchev–Trinajstić information content (AvgIpc) is 2.15. The van der Waals surface area contributed by atoms with Crippen molar-refractivity contribution in [2.75, 3.05) is 6.61 Å². The van der Waals surface area contributed by atoms with E-state index in [4.69, 9.17) is 5.11 Å². The van der Waals surface area contributed by atoms with E-state index in [1.165, 1.54) is 5.56 Å². The van der Waals surface area contributed by atoms with Crippen LogP contribution in [0.4, 0.5) is 0 Å². The summed E-state index contributed by atoms with van der Waals surface area (Å²) < 4.78 is 1.10. The second-order valence-corrected chi connectivity index (χ2v) is 3.74. The monoisotopic (exact) mass is 240 g/mol. The molecule has 0 aromatic heterocycles. The van der Waals surface area contributed by atoms with Gasteiger partial charge in [-0.05, 0) is 30.5 Å². The molecule has 0 bridgehead atoms. The summed E-state index contributed by atoms with van der Waals surface area (Å²) in [6.45, 7) is 0.269. The van der Waals surface area contributed by atoms with Crippen molar-refractivity contribution in [2.24, 2.45) is 0 Å². The third-order valence-corrected chi connectivity index (χ3v) is 2.24. The number of halogens is 1. The fourth-order valence-corrected chi connectivity index (χ4v) is 1.27. The summed E-state index contributed by atoms with van der Waals surface area (Å²) in [6, 6.07) is 8.15. The highest BCUT2D eigenvalue weighted by atomic mass is 79.9. The number of hydrogen-bond acceptors (Lipinski definition) is 1. The Balaban J connectivity index is 2.44. The molecule has 0 saturated heterocycles. The molecule has 13 heavy (non-hydrogen) atoms. The smallest absolute Gasteiger partial charge is 0.0433 e. The van der Waals surface area contributed by atoms with Crippen LogP contribution in [0.2, 0.25) is 0 Å². The van der Waals surface area contributed by atoms with Gasteiger partial charge in [-0.1, -0.05) is 40.2 Å². The number of hydrogen-bond donors (Lipinski definition) is 1. The Hall–Kier alpha value is -0.600. The minimum absolute atomic E-state index is 0.269. The van der Waals surface area contributed by atoms with Crippen molar-refractivity contribution in [1.29, 1.82) is 0 Å². The van der Waals surface area contributed by atoms with Crippen LogP contribution in [0.1, 0.15) is 18.4 Å². The second kappa shape index (κ2) is 5.95. The average molecular weight is 241 g/mol. The molecular weight excluding hydrogens is 228 g/mol. The molecular formula is C11H13BrO. The van der Waals surface area contributed by atoms with Crippen molar-refractivity contribution in [1.82, 2.24) is 0 Å². The fourth-order valence-electron chi connectivity index (χ4n) is 1.00. The van der Waals surface area contributed by atoms with Gasteiger partial charge in [-0.2, -0.15) is 0 Å². The van der Waals surface area contributed by atoms with Gasteiger partial charge in [0.2, 0.25) is 0 Å². The molecule has 0 heterocycles. The molecule has 0 unspecified atom stereocenters. The SMILES string of the molecule is OCCCC=Cc1ccc(Br)cc1. The maximum atomic E-state index is 8.56. The number of aliphatic hydroxyl groups excluding tert-OH is 1. The van der Waals surface area contributed by atoms with Crippen LogP contribution in [-0.4, -0.2) is 11.7 Å². The third-order valence-electron chi connectivity index (χ3n) is 1.71. The molecule has 0 saturated carbocycles. The van der Waals surface area contributed by atoms with Crippen molar-refractivity contribution in [3.8, 4) is 0 Å². The number of unbranched alkanes of at least 4 members (excludes halogenated alkanes) is 1. The van der Waals surface area contributed by atoms with E-state index in [9.17, 15) is 0 Å². The van der Waals surface area contributed by atoms with Gasteiger partial charge in [0.25, 0.3) is 0 Å². The molecule has 70 valence electrons. The van der Waals surface area contributed by atoms with Crippen molar-refractivity contribution >= 4 is 22.0 Å². The van der Waals surface area contributed by atoms with Crippen LogP contribution < -0.4 is 0 Å². The Morgan fingerprint density at radius 1 is 1.23 bits per heavy atom. The van der Waals surface area contributed by atoms with Crippen molar-refractivity contribution in [3.63, 3.8) is 0 Å². The summed E-state index contributed by atoms with van der Waals surface area (Å²) in [5, 5.41) is 8.56. The molecule has 0 spiro atoms. The lowest BCUT2D eigenvalue weighted by Gasteiger charge is -1.93. The quantitative estimate of drug-likeness (QED) is 0.802. The maximum absolute atomic E-state index is 8.56. The Morgan fingerprint density at radius 3 is 2.54 bits per heavy atom. The van der Waals surface area contributed by atoms with E-state index < -0.39 is 0 Å². The van der Waals surface area contributed by atoms with E-state index in [-0.39, 0.29) is 6.61 Å². The summed E-state index contributed by atoms with van der Waals surface area (Å²) in [5.41, 5.74) is 1.20. The molecule has 1 nitrogen and oxygen atoms in total. The van der Waals surface area contributed by atoms with Crippen molar-refractivity contribution in [2.45, 2.75) is 12.8 Å². The largest absolute Gasteiger partial charge is 0.396 e. The molecule has 0 amide bonds. The maximum Gasteiger partial charge on any atom is 0.0433 e. The van der Waals surface area contributed by atoms with Crippen LogP contribution in [0.25, 0.3) is 6.08 Å². The van der Waals surface area contributed by atoms with E-state index in [0.29, 0.717) is 0 Å². The molecule has 0 fully saturated rings. The molecule has 1 N–H and O–H groups in total. The number of aliphatic hydroxyl groups is 1. The van der Waals surface area contributed by atoms with Gasteiger partial charge < -0.3 is 5.11 Å². The molecule has 1 aromatic rings. The van der Waals surface area contributed by atoms with E-state index in [2.05, 4.69) is 40.2 Å². The highest BCUT2D eigenvalue weighted by molar-refractivity contribution is 9.10. The number of allylic oxidation sites excluding steroid dienone is 1. The van der Waals surface area contributed by atoms with Gasteiger partial charge in [0.05, 0.1) is 0 Å². The minimum Gasteiger partial charge on any atom is -0.396 e. The van der Waals surface area contributed by atoms with E-state index >= 15 is 0 Å². The molecule has 0 aliphatic rings. The first-order valence-electron chi connectivity index (χ1n) is 4.36.